The second kappa shape index (κ2) is 4.69. The molecule has 0 N–H and O–H groups in total. The van der Waals surface area contributed by atoms with Gasteiger partial charge in [-0.1, -0.05) is 0 Å². The Balaban J connectivity index is 1.46. The lowest BCUT2D eigenvalue weighted by Crippen LogP contribution is -2.46. The fourth-order valence-electron chi connectivity index (χ4n) is 3.42. The number of halogens is 2. The molecule has 3 rings (SSSR count). The van der Waals surface area contributed by atoms with Crippen LogP contribution in [0.5, 0.6) is 0 Å². The first-order valence-corrected chi connectivity index (χ1v) is 6.95. The van der Waals surface area contributed by atoms with Crippen LogP contribution in [0.4, 0.5) is 8.78 Å². The predicted molar refractivity (Wildman–Crippen MR) is 62.6 cm³/mol. The molecule has 1 unspecified atom stereocenters. The molecule has 5 heteroatoms. The second-order valence-electron chi connectivity index (χ2n) is 5.87. The Morgan fingerprint density at radius 1 is 1.06 bits per heavy atom. The van der Waals surface area contributed by atoms with Crippen molar-refractivity contribution in [2.45, 2.75) is 43.8 Å². The lowest BCUT2D eigenvalue weighted by atomic mass is 10.0. The van der Waals surface area contributed by atoms with E-state index in [2.05, 4.69) is 4.90 Å². The van der Waals surface area contributed by atoms with Gasteiger partial charge >= 0.3 is 0 Å². The number of likely N-dealkylation sites (tertiary alicyclic amines) is 1. The molecule has 1 spiro atoms. The van der Waals surface area contributed by atoms with Crippen LogP contribution in [-0.2, 0) is 9.47 Å². The van der Waals surface area contributed by atoms with Crippen molar-refractivity contribution in [3.05, 3.63) is 0 Å². The third kappa shape index (κ3) is 2.68. The maximum atomic E-state index is 13.1. The lowest BCUT2D eigenvalue weighted by Gasteiger charge is -2.38. The van der Waals surface area contributed by atoms with Gasteiger partial charge in [0.25, 0.3) is 0 Å². The van der Waals surface area contributed by atoms with E-state index in [-0.39, 0.29) is 24.5 Å². The van der Waals surface area contributed by atoms with Crippen LogP contribution in [-0.4, -0.2) is 49.5 Å². The summed E-state index contributed by atoms with van der Waals surface area (Å²) in [7, 11) is 0. The molecule has 0 aromatic carbocycles. The highest BCUT2D eigenvalue weighted by molar-refractivity contribution is 4.87. The minimum absolute atomic E-state index is 0.0711. The van der Waals surface area contributed by atoms with Crippen LogP contribution in [0.15, 0.2) is 0 Å². The average Bonchev–Trinajstić information content (AvgIpc) is 2.90. The van der Waals surface area contributed by atoms with Crippen molar-refractivity contribution in [2.75, 3.05) is 32.8 Å². The Labute approximate surface area is 106 Å². The highest BCUT2D eigenvalue weighted by atomic mass is 19.3. The van der Waals surface area contributed by atoms with Crippen molar-refractivity contribution in [3.8, 4) is 0 Å². The number of nitrogens with zero attached hydrogens (tertiary/aromatic N) is 1. The van der Waals surface area contributed by atoms with E-state index >= 15 is 0 Å². The van der Waals surface area contributed by atoms with Gasteiger partial charge in [0.05, 0.1) is 13.2 Å². The maximum absolute atomic E-state index is 13.1. The van der Waals surface area contributed by atoms with Gasteiger partial charge in [0.1, 0.15) is 0 Å². The highest BCUT2D eigenvalue weighted by Crippen LogP contribution is 2.40. The number of hydrogen-bond donors (Lipinski definition) is 0. The zero-order valence-corrected chi connectivity index (χ0v) is 10.7. The summed E-state index contributed by atoms with van der Waals surface area (Å²) < 4.78 is 37.6. The summed E-state index contributed by atoms with van der Waals surface area (Å²) >= 11 is 0. The van der Waals surface area contributed by atoms with Gasteiger partial charge in [0.2, 0.25) is 5.92 Å². The van der Waals surface area contributed by atoms with Crippen molar-refractivity contribution in [1.29, 1.82) is 0 Å². The average molecular weight is 261 g/mol. The number of hydrogen-bond acceptors (Lipinski definition) is 3. The van der Waals surface area contributed by atoms with Gasteiger partial charge in [0.15, 0.2) is 5.79 Å². The van der Waals surface area contributed by atoms with Crippen molar-refractivity contribution in [2.24, 2.45) is 5.92 Å². The van der Waals surface area contributed by atoms with E-state index in [9.17, 15) is 8.78 Å². The molecule has 104 valence electrons. The summed E-state index contributed by atoms with van der Waals surface area (Å²) in [4.78, 5) is 2.29. The standard InChI is InChI=1S/C13H21F2NO2/c14-12(15)2-1-11(9-12)10-16-5-3-13(4-6-16)17-7-8-18-13/h11H,1-10H2. The van der Waals surface area contributed by atoms with Crippen LogP contribution in [0, 0.1) is 5.92 Å². The molecule has 0 aromatic rings. The van der Waals surface area contributed by atoms with Crippen LogP contribution in [0.3, 0.4) is 0 Å². The quantitative estimate of drug-likeness (QED) is 0.761. The molecule has 3 fully saturated rings. The van der Waals surface area contributed by atoms with E-state index in [1.54, 1.807) is 0 Å². The molecule has 0 radical (unpaired) electrons. The fraction of sp³-hybridized carbons (Fsp3) is 1.00. The van der Waals surface area contributed by atoms with Crippen LogP contribution >= 0.6 is 0 Å². The van der Waals surface area contributed by atoms with Crippen molar-refractivity contribution >= 4 is 0 Å². The second-order valence-corrected chi connectivity index (χ2v) is 5.87. The number of rotatable bonds is 2. The summed E-state index contributed by atoms with van der Waals surface area (Å²) in [6, 6.07) is 0. The van der Waals surface area contributed by atoms with Gasteiger partial charge < -0.3 is 14.4 Å². The zero-order chi connectivity index (χ0) is 12.6. The van der Waals surface area contributed by atoms with Crippen molar-refractivity contribution in [1.82, 2.24) is 4.90 Å². The predicted octanol–water partition coefficient (Wildman–Crippen LogP) is 2.26. The van der Waals surface area contributed by atoms with E-state index in [4.69, 9.17) is 9.47 Å². The highest BCUT2D eigenvalue weighted by Gasteiger charge is 2.42. The van der Waals surface area contributed by atoms with E-state index in [0.29, 0.717) is 19.6 Å². The minimum atomic E-state index is -2.42. The lowest BCUT2D eigenvalue weighted by molar-refractivity contribution is -0.185. The topological polar surface area (TPSA) is 21.7 Å². The summed E-state index contributed by atoms with van der Waals surface area (Å²) in [5.74, 6) is -2.60. The molecule has 1 atom stereocenters. The zero-order valence-electron chi connectivity index (χ0n) is 10.7. The molecule has 2 heterocycles. The van der Waals surface area contributed by atoms with Crippen LogP contribution in [0.2, 0.25) is 0 Å². The van der Waals surface area contributed by atoms with E-state index in [1.165, 1.54) is 0 Å². The Bertz CT molecular complexity index is 295. The molecule has 0 bridgehead atoms. The number of ether oxygens (including phenoxy) is 2. The molecule has 2 aliphatic heterocycles. The molecule has 3 aliphatic rings. The van der Waals surface area contributed by atoms with Gasteiger partial charge in [-0.3, -0.25) is 0 Å². The maximum Gasteiger partial charge on any atom is 0.248 e. The van der Waals surface area contributed by atoms with Crippen LogP contribution < -0.4 is 0 Å². The Morgan fingerprint density at radius 3 is 2.28 bits per heavy atom. The fourth-order valence-corrected chi connectivity index (χ4v) is 3.42. The molecule has 2 saturated heterocycles. The first kappa shape index (κ1) is 12.8. The molecular weight excluding hydrogens is 240 g/mol. The van der Waals surface area contributed by atoms with E-state index < -0.39 is 5.92 Å². The normalized spacial score (nSPS) is 35.3. The third-order valence-electron chi connectivity index (χ3n) is 4.45. The first-order chi connectivity index (χ1) is 8.57. The van der Waals surface area contributed by atoms with Crippen LogP contribution in [0.25, 0.3) is 0 Å². The Morgan fingerprint density at radius 2 is 1.72 bits per heavy atom. The van der Waals surface area contributed by atoms with Gasteiger partial charge in [-0.2, -0.15) is 0 Å². The summed E-state index contributed by atoms with van der Waals surface area (Å²) in [6.45, 7) is 4.00. The monoisotopic (exact) mass is 261 g/mol. The molecular formula is C13H21F2NO2. The molecule has 0 amide bonds. The van der Waals surface area contributed by atoms with Crippen LogP contribution in [0.1, 0.15) is 32.1 Å². The van der Waals surface area contributed by atoms with Crippen molar-refractivity contribution < 1.29 is 18.3 Å². The van der Waals surface area contributed by atoms with Crippen molar-refractivity contribution in [3.63, 3.8) is 0 Å². The smallest absolute Gasteiger partial charge is 0.248 e. The Kier molecular flexibility index (Phi) is 3.32. The first-order valence-electron chi connectivity index (χ1n) is 6.95. The largest absolute Gasteiger partial charge is 0.347 e. The van der Waals surface area contributed by atoms with E-state index in [0.717, 1.165) is 32.5 Å². The molecule has 1 aliphatic carbocycles. The van der Waals surface area contributed by atoms with Gasteiger partial charge in [-0.05, 0) is 12.3 Å². The van der Waals surface area contributed by atoms with E-state index in [1.807, 2.05) is 0 Å². The molecule has 3 nitrogen and oxygen atoms in total. The molecule has 18 heavy (non-hydrogen) atoms. The van der Waals surface area contributed by atoms with Gasteiger partial charge in [0, 0.05) is 45.3 Å². The number of piperidine rings is 1. The SMILES string of the molecule is FC1(F)CCC(CN2CCC3(CC2)OCCO3)C1. The summed E-state index contributed by atoms with van der Waals surface area (Å²) in [5.41, 5.74) is 0. The molecule has 0 aromatic heterocycles. The van der Waals surface area contributed by atoms with Gasteiger partial charge in [-0.15, -0.1) is 0 Å². The minimum Gasteiger partial charge on any atom is -0.347 e. The number of alkyl halides is 2. The summed E-state index contributed by atoms with van der Waals surface area (Å²) in [5, 5.41) is 0. The molecule has 1 saturated carbocycles. The van der Waals surface area contributed by atoms with Gasteiger partial charge in [-0.25, -0.2) is 8.78 Å². The summed E-state index contributed by atoms with van der Waals surface area (Å²) in [6.07, 6.45) is 2.55. The third-order valence-corrected chi connectivity index (χ3v) is 4.45. The Hall–Kier alpha value is -0.260.